The van der Waals surface area contributed by atoms with Crippen LogP contribution in [0.4, 0.5) is 0 Å². The first-order chi connectivity index (χ1) is 8.60. The molecule has 0 aliphatic carbocycles. The summed E-state index contributed by atoms with van der Waals surface area (Å²) in [6.07, 6.45) is 1.10. The number of hydrogen-bond acceptors (Lipinski definition) is 3. The average Bonchev–Trinajstić information content (AvgIpc) is 2.71. The highest BCUT2D eigenvalue weighted by Gasteiger charge is 2.24. The summed E-state index contributed by atoms with van der Waals surface area (Å²) < 4.78 is 6.96. The van der Waals surface area contributed by atoms with E-state index in [2.05, 4.69) is 41.2 Å². The second-order valence-electron chi connectivity index (χ2n) is 5.14. The van der Waals surface area contributed by atoms with Crippen LogP contribution in [0.1, 0.15) is 19.4 Å². The van der Waals surface area contributed by atoms with Crippen LogP contribution >= 0.6 is 15.9 Å². The lowest BCUT2D eigenvalue weighted by Gasteiger charge is -2.22. The third kappa shape index (κ3) is 3.25. The molecule has 0 saturated heterocycles. The van der Waals surface area contributed by atoms with Crippen molar-refractivity contribution in [3.63, 3.8) is 0 Å². The average molecular weight is 314 g/mol. The molecule has 0 saturated carbocycles. The van der Waals surface area contributed by atoms with Gasteiger partial charge >= 0.3 is 0 Å². The van der Waals surface area contributed by atoms with Gasteiger partial charge in [-0.05, 0) is 29.7 Å². The Balaban J connectivity index is 1.88. The number of fused-ring (bicyclic) bond motifs is 1. The molecule has 1 aliphatic heterocycles. The lowest BCUT2D eigenvalue weighted by molar-refractivity contribution is 0.178. The Morgan fingerprint density at radius 3 is 2.94 bits per heavy atom. The van der Waals surface area contributed by atoms with E-state index >= 15 is 0 Å². The van der Waals surface area contributed by atoms with E-state index in [1.54, 1.807) is 0 Å². The van der Waals surface area contributed by atoms with Gasteiger partial charge in [0.05, 0.1) is 6.61 Å². The van der Waals surface area contributed by atoms with Gasteiger partial charge in [-0.25, -0.2) is 0 Å². The second kappa shape index (κ2) is 6.04. The van der Waals surface area contributed by atoms with E-state index in [0.29, 0.717) is 5.92 Å². The molecule has 18 heavy (non-hydrogen) atoms. The van der Waals surface area contributed by atoms with Gasteiger partial charge in [-0.15, -0.1) is 0 Å². The zero-order valence-corrected chi connectivity index (χ0v) is 12.4. The molecule has 1 heterocycles. The molecule has 1 aromatic carbocycles. The van der Waals surface area contributed by atoms with Crippen molar-refractivity contribution in [2.24, 2.45) is 5.92 Å². The van der Waals surface area contributed by atoms with Gasteiger partial charge in [-0.3, -0.25) is 0 Å². The smallest absolute Gasteiger partial charge is 0.123 e. The largest absolute Gasteiger partial charge is 0.488 e. The van der Waals surface area contributed by atoms with Crippen molar-refractivity contribution in [1.29, 1.82) is 0 Å². The number of ether oxygens (including phenoxy) is 1. The van der Waals surface area contributed by atoms with Crippen molar-refractivity contribution < 1.29 is 9.84 Å². The monoisotopic (exact) mass is 313 g/mol. The maximum absolute atomic E-state index is 9.27. The highest BCUT2D eigenvalue weighted by Crippen LogP contribution is 2.30. The third-order valence-electron chi connectivity index (χ3n) is 3.37. The van der Waals surface area contributed by atoms with Gasteiger partial charge in [0, 0.05) is 23.5 Å². The highest BCUT2D eigenvalue weighted by molar-refractivity contribution is 9.10. The first-order valence-electron chi connectivity index (χ1n) is 6.39. The van der Waals surface area contributed by atoms with Gasteiger partial charge in [-0.2, -0.15) is 0 Å². The summed E-state index contributed by atoms with van der Waals surface area (Å²) in [4.78, 5) is 0. The molecule has 2 unspecified atom stereocenters. The summed E-state index contributed by atoms with van der Waals surface area (Å²) >= 11 is 3.47. The Bertz CT molecular complexity index is 409. The molecule has 0 fully saturated rings. The van der Waals surface area contributed by atoms with Crippen LogP contribution in [0.3, 0.4) is 0 Å². The van der Waals surface area contributed by atoms with Crippen LogP contribution in [0.15, 0.2) is 22.7 Å². The topological polar surface area (TPSA) is 41.5 Å². The zero-order chi connectivity index (χ0) is 13.1. The van der Waals surface area contributed by atoms with Crippen LogP contribution in [0.2, 0.25) is 0 Å². The fraction of sp³-hybridized carbons (Fsp3) is 0.571. The van der Waals surface area contributed by atoms with Crippen molar-refractivity contribution in [3.05, 3.63) is 28.2 Å². The standard InChI is InChI=1S/C14H20BrNO2/c1-9(2)13(8-17)16-7-12-6-10-5-11(15)3-4-14(10)18-12/h3-5,9,12-13,16-17H,6-8H2,1-2H3. The zero-order valence-electron chi connectivity index (χ0n) is 10.8. The highest BCUT2D eigenvalue weighted by atomic mass is 79.9. The Kier molecular flexibility index (Phi) is 4.65. The maximum Gasteiger partial charge on any atom is 0.123 e. The molecule has 2 atom stereocenters. The van der Waals surface area contributed by atoms with Crippen molar-refractivity contribution >= 4 is 15.9 Å². The van der Waals surface area contributed by atoms with Gasteiger partial charge in [-0.1, -0.05) is 29.8 Å². The molecule has 4 heteroatoms. The lowest BCUT2D eigenvalue weighted by atomic mass is 10.0. The first kappa shape index (κ1) is 13.8. The molecule has 2 rings (SSSR count). The Morgan fingerprint density at radius 1 is 1.50 bits per heavy atom. The molecule has 2 N–H and O–H groups in total. The quantitative estimate of drug-likeness (QED) is 0.877. The van der Waals surface area contributed by atoms with Crippen LogP contribution in [-0.4, -0.2) is 30.4 Å². The lowest BCUT2D eigenvalue weighted by Crippen LogP contribution is -2.42. The van der Waals surface area contributed by atoms with Crippen molar-refractivity contribution in [3.8, 4) is 5.75 Å². The van der Waals surface area contributed by atoms with Crippen molar-refractivity contribution in [2.75, 3.05) is 13.2 Å². The predicted molar refractivity (Wildman–Crippen MR) is 76.0 cm³/mol. The molecule has 1 aromatic rings. The second-order valence-corrected chi connectivity index (χ2v) is 6.05. The van der Waals surface area contributed by atoms with E-state index in [0.717, 1.165) is 23.2 Å². The fourth-order valence-electron chi connectivity index (χ4n) is 2.20. The van der Waals surface area contributed by atoms with E-state index < -0.39 is 0 Å². The molecule has 0 spiro atoms. The number of aliphatic hydroxyl groups is 1. The maximum atomic E-state index is 9.27. The predicted octanol–water partition coefficient (Wildman–Crippen LogP) is 2.36. The van der Waals surface area contributed by atoms with Crippen LogP contribution in [0.25, 0.3) is 0 Å². The molecule has 0 bridgehead atoms. The summed E-state index contributed by atoms with van der Waals surface area (Å²) in [5.74, 6) is 1.41. The van der Waals surface area contributed by atoms with Crippen molar-refractivity contribution in [1.82, 2.24) is 5.32 Å². The van der Waals surface area contributed by atoms with E-state index in [9.17, 15) is 5.11 Å². The number of rotatable bonds is 5. The summed E-state index contributed by atoms with van der Waals surface area (Å²) in [5, 5.41) is 12.6. The Hall–Kier alpha value is -0.580. The van der Waals surface area contributed by atoms with Crippen LogP contribution in [0, 0.1) is 5.92 Å². The number of halogens is 1. The van der Waals surface area contributed by atoms with E-state index in [1.807, 2.05) is 12.1 Å². The molecule has 1 aliphatic rings. The number of nitrogens with one attached hydrogen (secondary N) is 1. The van der Waals surface area contributed by atoms with E-state index in [1.165, 1.54) is 5.56 Å². The molecule has 3 nitrogen and oxygen atoms in total. The van der Waals surface area contributed by atoms with Crippen LogP contribution in [0.5, 0.6) is 5.75 Å². The molecule has 0 amide bonds. The third-order valence-corrected chi connectivity index (χ3v) is 3.87. The molecule has 0 aromatic heterocycles. The minimum absolute atomic E-state index is 0.143. The van der Waals surface area contributed by atoms with Gasteiger partial charge in [0.15, 0.2) is 0 Å². The molecule has 100 valence electrons. The SMILES string of the molecule is CC(C)C(CO)NCC1Cc2cc(Br)ccc2O1. The summed E-state index contributed by atoms with van der Waals surface area (Å²) in [5.41, 5.74) is 1.25. The van der Waals surface area contributed by atoms with Gasteiger partial charge in [0.1, 0.15) is 11.9 Å². The fourth-order valence-corrected chi connectivity index (χ4v) is 2.61. The minimum atomic E-state index is 0.143. The summed E-state index contributed by atoms with van der Waals surface area (Å²) in [7, 11) is 0. The first-order valence-corrected chi connectivity index (χ1v) is 7.18. The van der Waals surface area contributed by atoms with Gasteiger partial charge in [0.2, 0.25) is 0 Å². The summed E-state index contributed by atoms with van der Waals surface area (Å²) in [6, 6.07) is 6.26. The molecular weight excluding hydrogens is 294 g/mol. The summed E-state index contributed by atoms with van der Waals surface area (Å²) in [6.45, 7) is 5.16. The molecule has 0 radical (unpaired) electrons. The normalized spacial score (nSPS) is 19.7. The van der Waals surface area contributed by atoms with Crippen molar-refractivity contribution in [2.45, 2.75) is 32.4 Å². The van der Waals surface area contributed by atoms with E-state index in [-0.39, 0.29) is 18.8 Å². The Labute approximate surface area is 117 Å². The minimum Gasteiger partial charge on any atom is -0.488 e. The number of hydrogen-bond donors (Lipinski definition) is 2. The molecular formula is C14H20BrNO2. The number of aliphatic hydroxyl groups excluding tert-OH is 1. The van der Waals surface area contributed by atoms with E-state index in [4.69, 9.17) is 4.74 Å². The Morgan fingerprint density at radius 2 is 2.28 bits per heavy atom. The number of benzene rings is 1. The van der Waals surface area contributed by atoms with Gasteiger partial charge < -0.3 is 15.2 Å². The van der Waals surface area contributed by atoms with Gasteiger partial charge in [0.25, 0.3) is 0 Å². The van der Waals surface area contributed by atoms with Crippen LogP contribution in [-0.2, 0) is 6.42 Å². The van der Waals surface area contributed by atoms with Crippen LogP contribution < -0.4 is 10.1 Å².